The molecule has 1 atom stereocenters. The number of rotatable bonds is 7. The lowest BCUT2D eigenvalue weighted by Gasteiger charge is -2.27. The SMILES string of the molecule is C=CC(C)(C)NC(C)CCCCC. The second kappa shape index (κ2) is 6.20. The Morgan fingerprint density at radius 1 is 1.38 bits per heavy atom. The van der Waals surface area contributed by atoms with E-state index in [0.29, 0.717) is 6.04 Å². The predicted octanol–water partition coefficient (Wildman–Crippen LogP) is 3.51. The Bertz CT molecular complexity index is 138. The molecule has 0 aromatic carbocycles. The summed E-state index contributed by atoms with van der Waals surface area (Å²) in [5.41, 5.74) is 0.0750. The van der Waals surface area contributed by atoms with Gasteiger partial charge in [0.05, 0.1) is 0 Å². The topological polar surface area (TPSA) is 12.0 Å². The Morgan fingerprint density at radius 3 is 2.46 bits per heavy atom. The molecule has 0 spiro atoms. The third-order valence-corrected chi connectivity index (χ3v) is 2.37. The highest BCUT2D eigenvalue weighted by molar-refractivity contribution is 4.96. The summed E-state index contributed by atoms with van der Waals surface area (Å²) in [5, 5.41) is 3.55. The van der Waals surface area contributed by atoms with Gasteiger partial charge in [0.25, 0.3) is 0 Å². The molecule has 1 unspecified atom stereocenters. The molecular weight excluding hydrogens is 158 g/mol. The Balaban J connectivity index is 3.61. The Hall–Kier alpha value is -0.300. The van der Waals surface area contributed by atoms with Crippen LogP contribution < -0.4 is 5.32 Å². The van der Waals surface area contributed by atoms with Crippen LogP contribution in [0.2, 0.25) is 0 Å². The zero-order chi connectivity index (χ0) is 10.3. The van der Waals surface area contributed by atoms with Crippen LogP contribution in [0.25, 0.3) is 0 Å². The smallest absolute Gasteiger partial charge is 0.0306 e. The van der Waals surface area contributed by atoms with Gasteiger partial charge >= 0.3 is 0 Å². The first-order chi connectivity index (χ1) is 6.02. The van der Waals surface area contributed by atoms with Crippen LogP contribution in [0, 0.1) is 0 Å². The van der Waals surface area contributed by atoms with E-state index >= 15 is 0 Å². The van der Waals surface area contributed by atoms with Crippen molar-refractivity contribution in [2.75, 3.05) is 0 Å². The Labute approximate surface area is 83.6 Å². The Kier molecular flexibility index (Phi) is 6.06. The van der Waals surface area contributed by atoms with Gasteiger partial charge in [0.15, 0.2) is 0 Å². The second-order valence-electron chi connectivity index (χ2n) is 4.47. The summed E-state index contributed by atoms with van der Waals surface area (Å²) in [5.74, 6) is 0. The highest BCUT2D eigenvalue weighted by atomic mass is 15.0. The average molecular weight is 183 g/mol. The van der Waals surface area contributed by atoms with Gasteiger partial charge in [-0.05, 0) is 27.2 Å². The molecule has 0 aliphatic heterocycles. The summed E-state index contributed by atoms with van der Waals surface area (Å²) in [4.78, 5) is 0. The van der Waals surface area contributed by atoms with Crippen molar-refractivity contribution >= 4 is 0 Å². The number of hydrogen-bond donors (Lipinski definition) is 1. The zero-order valence-electron chi connectivity index (χ0n) is 9.69. The maximum atomic E-state index is 3.82. The van der Waals surface area contributed by atoms with Crippen LogP contribution in [0.5, 0.6) is 0 Å². The summed E-state index contributed by atoms with van der Waals surface area (Å²) in [7, 11) is 0. The van der Waals surface area contributed by atoms with Crippen molar-refractivity contribution in [2.24, 2.45) is 0 Å². The average Bonchev–Trinajstić information content (AvgIpc) is 2.04. The molecule has 0 aromatic rings. The molecule has 0 saturated heterocycles. The molecule has 0 aliphatic rings. The van der Waals surface area contributed by atoms with E-state index in [4.69, 9.17) is 0 Å². The van der Waals surface area contributed by atoms with Crippen molar-refractivity contribution in [3.05, 3.63) is 12.7 Å². The molecule has 0 aromatic heterocycles. The molecule has 78 valence electrons. The Morgan fingerprint density at radius 2 is 2.00 bits per heavy atom. The molecule has 0 fully saturated rings. The molecule has 0 heterocycles. The summed E-state index contributed by atoms with van der Waals surface area (Å²) >= 11 is 0. The van der Waals surface area contributed by atoms with Gasteiger partial charge in [0.1, 0.15) is 0 Å². The lowest BCUT2D eigenvalue weighted by Crippen LogP contribution is -2.42. The van der Waals surface area contributed by atoms with E-state index < -0.39 is 0 Å². The maximum absolute atomic E-state index is 3.82. The molecule has 0 bridgehead atoms. The highest BCUT2D eigenvalue weighted by Crippen LogP contribution is 2.09. The molecule has 0 aliphatic carbocycles. The molecular formula is C12H25N. The highest BCUT2D eigenvalue weighted by Gasteiger charge is 2.14. The number of unbranched alkanes of at least 4 members (excludes halogenated alkanes) is 2. The van der Waals surface area contributed by atoms with Gasteiger partial charge in [-0.25, -0.2) is 0 Å². The van der Waals surface area contributed by atoms with Gasteiger partial charge in [-0.15, -0.1) is 6.58 Å². The summed E-state index contributed by atoms with van der Waals surface area (Å²) in [6.45, 7) is 12.6. The van der Waals surface area contributed by atoms with Crippen LogP contribution in [-0.2, 0) is 0 Å². The monoisotopic (exact) mass is 183 g/mol. The molecule has 0 radical (unpaired) electrons. The minimum absolute atomic E-state index is 0.0750. The van der Waals surface area contributed by atoms with Crippen LogP contribution in [0.1, 0.15) is 53.4 Å². The van der Waals surface area contributed by atoms with Crippen molar-refractivity contribution in [1.29, 1.82) is 0 Å². The van der Waals surface area contributed by atoms with E-state index in [1.54, 1.807) is 0 Å². The van der Waals surface area contributed by atoms with E-state index in [-0.39, 0.29) is 5.54 Å². The largest absolute Gasteiger partial charge is 0.306 e. The van der Waals surface area contributed by atoms with E-state index in [9.17, 15) is 0 Å². The molecule has 1 N–H and O–H groups in total. The van der Waals surface area contributed by atoms with Gasteiger partial charge in [-0.2, -0.15) is 0 Å². The fourth-order valence-corrected chi connectivity index (χ4v) is 1.47. The van der Waals surface area contributed by atoms with Gasteiger partial charge in [0.2, 0.25) is 0 Å². The number of hydrogen-bond acceptors (Lipinski definition) is 1. The normalized spacial score (nSPS) is 14.2. The van der Waals surface area contributed by atoms with Crippen molar-refractivity contribution in [3.63, 3.8) is 0 Å². The molecule has 0 amide bonds. The molecule has 1 heteroatoms. The van der Waals surface area contributed by atoms with E-state index in [2.05, 4.69) is 39.6 Å². The third kappa shape index (κ3) is 6.83. The van der Waals surface area contributed by atoms with Crippen molar-refractivity contribution in [3.8, 4) is 0 Å². The minimum Gasteiger partial charge on any atom is -0.306 e. The fraction of sp³-hybridized carbons (Fsp3) is 0.833. The lowest BCUT2D eigenvalue weighted by molar-refractivity contribution is 0.386. The molecule has 1 nitrogen and oxygen atoms in total. The van der Waals surface area contributed by atoms with Gasteiger partial charge in [0, 0.05) is 11.6 Å². The van der Waals surface area contributed by atoms with Crippen LogP contribution in [0.4, 0.5) is 0 Å². The lowest BCUT2D eigenvalue weighted by atomic mass is 10.0. The first-order valence-electron chi connectivity index (χ1n) is 5.43. The van der Waals surface area contributed by atoms with Gasteiger partial charge in [-0.3, -0.25) is 0 Å². The molecule has 13 heavy (non-hydrogen) atoms. The van der Waals surface area contributed by atoms with Crippen molar-refractivity contribution in [2.45, 2.75) is 65.0 Å². The first-order valence-corrected chi connectivity index (χ1v) is 5.43. The van der Waals surface area contributed by atoms with Gasteiger partial charge < -0.3 is 5.32 Å². The van der Waals surface area contributed by atoms with Crippen molar-refractivity contribution < 1.29 is 0 Å². The van der Waals surface area contributed by atoms with Crippen LogP contribution in [-0.4, -0.2) is 11.6 Å². The zero-order valence-corrected chi connectivity index (χ0v) is 9.69. The molecule has 0 rings (SSSR count). The second-order valence-corrected chi connectivity index (χ2v) is 4.47. The molecule has 0 saturated carbocycles. The van der Waals surface area contributed by atoms with Gasteiger partial charge in [-0.1, -0.05) is 32.3 Å². The summed E-state index contributed by atoms with van der Waals surface area (Å²) in [6.07, 6.45) is 7.23. The van der Waals surface area contributed by atoms with Crippen LogP contribution >= 0.6 is 0 Å². The third-order valence-electron chi connectivity index (χ3n) is 2.37. The first kappa shape index (κ1) is 12.7. The van der Waals surface area contributed by atoms with E-state index in [0.717, 1.165) is 0 Å². The predicted molar refractivity (Wildman–Crippen MR) is 61.0 cm³/mol. The van der Waals surface area contributed by atoms with Crippen LogP contribution in [0.15, 0.2) is 12.7 Å². The van der Waals surface area contributed by atoms with Crippen LogP contribution in [0.3, 0.4) is 0 Å². The maximum Gasteiger partial charge on any atom is 0.0306 e. The van der Waals surface area contributed by atoms with E-state index in [1.807, 2.05) is 6.08 Å². The fourth-order valence-electron chi connectivity index (χ4n) is 1.47. The standard InChI is InChI=1S/C12H25N/c1-6-8-9-10-11(3)13-12(4,5)7-2/h7,11,13H,2,6,8-10H2,1,3-5H3. The van der Waals surface area contributed by atoms with Crippen molar-refractivity contribution in [1.82, 2.24) is 5.32 Å². The van der Waals surface area contributed by atoms with E-state index in [1.165, 1.54) is 25.7 Å². The number of nitrogens with one attached hydrogen (secondary N) is 1. The summed E-state index contributed by atoms with van der Waals surface area (Å²) < 4.78 is 0. The quantitative estimate of drug-likeness (QED) is 0.470. The minimum atomic E-state index is 0.0750. The summed E-state index contributed by atoms with van der Waals surface area (Å²) in [6, 6.07) is 0.597.